The largest absolute Gasteiger partial charge is 0.431 e. The fourth-order valence-electron chi connectivity index (χ4n) is 1.51. The maximum Gasteiger partial charge on any atom is 0.281 e. The van der Waals surface area contributed by atoms with E-state index in [0.29, 0.717) is 11.7 Å². The van der Waals surface area contributed by atoms with E-state index in [2.05, 4.69) is 20.8 Å². The number of nitrogens with one attached hydrogen (secondary N) is 2. The van der Waals surface area contributed by atoms with Crippen molar-refractivity contribution in [3.8, 4) is 5.75 Å². The van der Waals surface area contributed by atoms with Gasteiger partial charge in [-0.15, -0.1) is 12.4 Å². The number of para-hydroxylation sites is 1. The molecule has 2 rings (SSSR count). The molecule has 0 aliphatic heterocycles. The number of halogens is 1. The zero-order valence-corrected chi connectivity index (χ0v) is 12.7. The molecular formula is C13H15ClN4OS. The monoisotopic (exact) mass is 310 g/mol. The van der Waals surface area contributed by atoms with Crippen molar-refractivity contribution in [2.45, 2.75) is 13.8 Å². The van der Waals surface area contributed by atoms with E-state index in [4.69, 9.17) is 17.0 Å². The lowest BCUT2D eigenvalue weighted by molar-refractivity contribution is 0.540. The Morgan fingerprint density at radius 1 is 1.10 bits per heavy atom. The summed E-state index contributed by atoms with van der Waals surface area (Å²) in [7, 11) is 0. The number of hydrogen-bond donors (Lipinski definition) is 2. The lowest BCUT2D eigenvalue weighted by Gasteiger charge is -2.10. The fraction of sp³-hybridized carbons (Fsp3) is 0.154. The Bertz CT molecular complexity index is 560. The molecule has 0 unspecified atom stereocenters. The number of aryl methyl sites for hydroxylation is 2. The third kappa shape index (κ3) is 4.99. The van der Waals surface area contributed by atoms with E-state index in [1.54, 1.807) is 0 Å². The lowest BCUT2D eigenvalue weighted by Crippen LogP contribution is -2.32. The van der Waals surface area contributed by atoms with Crippen molar-refractivity contribution < 1.29 is 4.74 Å². The number of ether oxygens (including phenoxy) is 1. The van der Waals surface area contributed by atoms with Gasteiger partial charge in [-0.25, -0.2) is 9.97 Å². The lowest BCUT2D eigenvalue weighted by atomic mass is 10.3. The van der Waals surface area contributed by atoms with Crippen molar-refractivity contribution in [3.05, 3.63) is 47.8 Å². The molecule has 7 heteroatoms. The number of aromatic nitrogens is 2. The number of hydrazine groups is 1. The molecule has 1 aromatic heterocycles. The molecule has 2 N–H and O–H groups in total. The maximum absolute atomic E-state index is 5.40. The Morgan fingerprint density at radius 2 is 1.70 bits per heavy atom. The Balaban J connectivity index is 0.00000200. The molecule has 0 fully saturated rings. The first kappa shape index (κ1) is 16.1. The van der Waals surface area contributed by atoms with Gasteiger partial charge in [-0.1, -0.05) is 18.2 Å². The predicted molar refractivity (Wildman–Crippen MR) is 85.2 cm³/mol. The predicted octanol–water partition coefficient (Wildman–Crippen LogP) is 2.80. The third-order valence-electron chi connectivity index (χ3n) is 2.21. The number of hydrogen-bond acceptors (Lipinski definition) is 5. The molecule has 106 valence electrons. The van der Waals surface area contributed by atoms with Crippen molar-refractivity contribution in [2.75, 3.05) is 5.43 Å². The second-order valence-corrected chi connectivity index (χ2v) is 4.30. The van der Waals surface area contributed by atoms with Crippen LogP contribution >= 0.6 is 24.6 Å². The van der Waals surface area contributed by atoms with Gasteiger partial charge in [0.25, 0.3) is 5.17 Å². The molecule has 1 heterocycles. The van der Waals surface area contributed by atoms with E-state index in [1.807, 2.05) is 50.2 Å². The van der Waals surface area contributed by atoms with Gasteiger partial charge in [0.2, 0.25) is 5.95 Å². The first-order valence-corrected chi connectivity index (χ1v) is 6.15. The highest BCUT2D eigenvalue weighted by atomic mass is 35.5. The van der Waals surface area contributed by atoms with Gasteiger partial charge >= 0.3 is 0 Å². The van der Waals surface area contributed by atoms with Gasteiger partial charge in [0.15, 0.2) is 0 Å². The normalized spacial score (nSPS) is 9.30. The van der Waals surface area contributed by atoms with Crippen LogP contribution in [0.4, 0.5) is 5.95 Å². The second kappa shape index (κ2) is 7.62. The van der Waals surface area contributed by atoms with Gasteiger partial charge in [-0.05, 0) is 44.3 Å². The van der Waals surface area contributed by atoms with Gasteiger partial charge in [0, 0.05) is 11.4 Å². The quantitative estimate of drug-likeness (QED) is 0.671. The highest BCUT2D eigenvalue weighted by Gasteiger charge is 2.01. The zero-order chi connectivity index (χ0) is 13.7. The van der Waals surface area contributed by atoms with Crippen LogP contribution in [-0.2, 0) is 0 Å². The first-order valence-electron chi connectivity index (χ1n) is 5.74. The molecule has 0 bridgehead atoms. The van der Waals surface area contributed by atoms with Crippen molar-refractivity contribution in [1.29, 1.82) is 0 Å². The minimum atomic E-state index is 0. The summed E-state index contributed by atoms with van der Waals surface area (Å²) < 4.78 is 5.40. The number of rotatable bonds is 3. The van der Waals surface area contributed by atoms with Crippen LogP contribution < -0.4 is 15.6 Å². The minimum Gasteiger partial charge on any atom is -0.431 e. The molecule has 0 spiro atoms. The van der Waals surface area contributed by atoms with Crippen molar-refractivity contribution in [3.63, 3.8) is 0 Å². The van der Waals surface area contributed by atoms with Crippen LogP contribution in [0, 0.1) is 13.8 Å². The Hall–Kier alpha value is -1.92. The molecule has 0 saturated heterocycles. The first-order chi connectivity index (χ1) is 9.13. The molecule has 0 aliphatic carbocycles. The van der Waals surface area contributed by atoms with Gasteiger partial charge < -0.3 is 4.74 Å². The van der Waals surface area contributed by atoms with E-state index in [-0.39, 0.29) is 17.6 Å². The smallest absolute Gasteiger partial charge is 0.281 e. The van der Waals surface area contributed by atoms with Crippen LogP contribution in [0.3, 0.4) is 0 Å². The number of anilines is 1. The summed E-state index contributed by atoms with van der Waals surface area (Å²) in [5.41, 5.74) is 7.31. The minimum absolute atomic E-state index is 0. The highest BCUT2D eigenvalue weighted by molar-refractivity contribution is 7.80. The Kier molecular flexibility index (Phi) is 6.14. The van der Waals surface area contributed by atoms with Crippen molar-refractivity contribution >= 4 is 35.7 Å². The highest BCUT2D eigenvalue weighted by Crippen LogP contribution is 2.08. The Labute approximate surface area is 129 Å². The van der Waals surface area contributed by atoms with Crippen LogP contribution in [0.25, 0.3) is 0 Å². The van der Waals surface area contributed by atoms with Crippen LogP contribution in [0.2, 0.25) is 0 Å². The van der Waals surface area contributed by atoms with Gasteiger partial charge in [0.1, 0.15) is 5.75 Å². The number of thiocarbonyl (C=S) groups is 1. The Morgan fingerprint density at radius 3 is 2.30 bits per heavy atom. The van der Waals surface area contributed by atoms with Crippen LogP contribution in [0.15, 0.2) is 36.4 Å². The van der Waals surface area contributed by atoms with Gasteiger partial charge in [0.05, 0.1) is 0 Å². The van der Waals surface area contributed by atoms with Crippen molar-refractivity contribution in [1.82, 2.24) is 15.4 Å². The summed E-state index contributed by atoms with van der Waals surface area (Å²) in [5, 5.41) is 0.203. The van der Waals surface area contributed by atoms with Gasteiger partial charge in [-0.2, -0.15) is 0 Å². The average molecular weight is 311 g/mol. The third-order valence-corrected chi connectivity index (χ3v) is 2.40. The fourth-order valence-corrected chi connectivity index (χ4v) is 1.66. The molecule has 2 aromatic rings. The van der Waals surface area contributed by atoms with E-state index in [0.717, 1.165) is 11.4 Å². The standard InChI is InChI=1S/C13H14N4OS.ClH/c1-9-8-10(2)15-12(14-9)16-17-13(19)18-11-6-4-3-5-7-11;/h3-8H,1-2H3,(H,17,19)(H,14,15,16);1H. The van der Waals surface area contributed by atoms with E-state index < -0.39 is 0 Å². The van der Waals surface area contributed by atoms with Gasteiger partial charge in [-0.3, -0.25) is 10.9 Å². The summed E-state index contributed by atoms with van der Waals surface area (Å²) in [6, 6.07) is 11.2. The summed E-state index contributed by atoms with van der Waals surface area (Å²) in [6.07, 6.45) is 0. The topological polar surface area (TPSA) is 59.1 Å². The van der Waals surface area contributed by atoms with E-state index in [1.165, 1.54) is 0 Å². The summed E-state index contributed by atoms with van der Waals surface area (Å²) in [4.78, 5) is 8.43. The zero-order valence-electron chi connectivity index (χ0n) is 11.1. The average Bonchev–Trinajstić information content (AvgIpc) is 2.36. The molecule has 0 aliphatic rings. The molecule has 1 aromatic carbocycles. The second-order valence-electron chi connectivity index (χ2n) is 3.93. The maximum atomic E-state index is 5.40. The molecule has 0 saturated carbocycles. The van der Waals surface area contributed by atoms with Crippen LogP contribution in [0.5, 0.6) is 5.75 Å². The molecular weight excluding hydrogens is 296 g/mol. The molecule has 0 radical (unpaired) electrons. The number of nitrogens with zero attached hydrogens (tertiary/aromatic N) is 2. The molecule has 20 heavy (non-hydrogen) atoms. The van der Waals surface area contributed by atoms with Crippen molar-refractivity contribution in [2.24, 2.45) is 0 Å². The number of benzene rings is 1. The van der Waals surface area contributed by atoms with Crippen LogP contribution in [0.1, 0.15) is 11.4 Å². The SMILES string of the molecule is Cc1cc(C)nc(NNC(=S)Oc2ccccc2)n1.Cl. The van der Waals surface area contributed by atoms with E-state index in [9.17, 15) is 0 Å². The summed E-state index contributed by atoms with van der Waals surface area (Å²) in [6.45, 7) is 3.80. The molecule has 0 atom stereocenters. The van der Waals surface area contributed by atoms with E-state index >= 15 is 0 Å². The van der Waals surface area contributed by atoms with Crippen LogP contribution in [-0.4, -0.2) is 15.1 Å². The summed E-state index contributed by atoms with van der Waals surface area (Å²) in [5.74, 6) is 1.12. The molecule has 0 amide bonds. The summed E-state index contributed by atoms with van der Waals surface area (Å²) >= 11 is 5.05. The molecule has 5 nitrogen and oxygen atoms in total.